The topological polar surface area (TPSA) is 38.8 Å². The first kappa shape index (κ1) is 17.5. The molecular weight excluding hydrogens is 325 g/mol. The van der Waals surface area contributed by atoms with Crippen molar-refractivity contribution in [2.24, 2.45) is 5.92 Å². The van der Waals surface area contributed by atoms with Gasteiger partial charge in [0, 0.05) is 36.2 Å². The molecule has 1 aliphatic heterocycles. The number of benzene rings is 1. The largest absolute Gasteiger partial charge is 0.382 e. The van der Waals surface area contributed by atoms with Gasteiger partial charge < -0.3 is 14.4 Å². The van der Waals surface area contributed by atoms with E-state index >= 15 is 0 Å². The first-order valence-electron chi connectivity index (χ1n) is 7.38. The lowest BCUT2D eigenvalue weighted by atomic mass is 10.1. The lowest BCUT2D eigenvalue weighted by molar-refractivity contribution is -0.129. The van der Waals surface area contributed by atoms with Gasteiger partial charge in [-0.3, -0.25) is 4.79 Å². The average molecular weight is 346 g/mol. The van der Waals surface area contributed by atoms with Crippen LogP contribution in [0.25, 0.3) is 0 Å². The van der Waals surface area contributed by atoms with Gasteiger partial charge in [0.2, 0.25) is 5.91 Å². The van der Waals surface area contributed by atoms with Crippen molar-refractivity contribution in [2.45, 2.75) is 12.8 Å². The van der Waals surface area contributed by atoms with Gasteiger partial charge in [-0.25, -0.2) is 0 Å². The highest BCUT2D eigenvalue weighted by Crippen LogP contribution is 2.23. The molecule has 2 rings (SSSR count). The van der Waals surface area contributed by atoms with E-state index in [9.17, 15) is 4.79 Å². The summed E-state index contributed by atoms with van der Waals surface area (Å²) in [5, 5.41) is 1.12. The summed E-state index contributed by atoms with van der Waals surface area (Å²) in [6.45, 7) is 3.40. The van der Waals surface area contributed by atoms with Crippen molar-refractivity contribution in [2.75, 3.05) is 40.0 Å². The number of nitrogens with zero attached hydrogens (tertiary/aromatic N) is 1. The van der Waals surface area contributed by atoms with Crippen molar-refractivity contribution in [3.63, 3.8) is 0 Å². The number of amides is 1. The van der Waals surface area contributed by atoms with E-state index in [-0.39, 0.29) is 5.91 Å². The van der Waals surface area contributed by atoms with E-state index < -0.39 is 0 Å². The van der Waals surface area contributed by atoms with Crippen LogP contribution in [0.1, 0.15) is 12.0 Å². The van der Waals surface area contributed by atoms with E-state index in [0.717, 1.165) is 25.1 Å². The Morgan fingerprint density at radius 3 is 2.91 bits per heavy atom. The number of carbonyl (C=O) groups excluding carboxylic acids is 1. The van der Waals surface area contributed by atoms with Gasteiger partial charge in [-0.2, -0.15) is 0 Å². The second kappa shape index (κ2) is 8.73. The standard InChI is InChI=1S/C16H21Cl2NO3/c1-21-6-7-22-11-12-4-5-19(10-12)16(20)8-13-2-3-14(17)9-15(13)18/h2-3,9,12H,4-8,10-11H2,1H3. The SMILES string of the molecule is COCCOCC1CCN(C(=O)Cc2ccc(Cl)cc2Cl)C1. The Morgan fingerprint density at radius 1 is 1.36 bits per heavy atom. The number of hydrogen-bond acceptors (Lipinski definition) is 3. The molecule has 1 amide bonds. The fourth-order valence-electron chi connectivity index (χ4n) is 2.53. The van der Waals surface area contributed by atoms with Crippen LogP contribution in [-0.2, 0) is 20.7 Å². The van der Waals surface area contributed by atoms with E-state index in [0.29, 0.717) is 42.2 Å². The van der Waals surface area contributed by atoms with Crippen LogP contribution in [0, 0.1) is 5.92 Å². The Balaban J connectivity index is 1.79. The van der Waals surface area contributed by atoms with Gasteiger partial charge >= 0.3 is 0 Å². The fourth-order valence-corrected chi connectivity index (χ4v) is 3.00. The number of hydrogen-bond donors (Lipinski definition) is 0. The maximum absolute atomic E-state index is 12.3. The monoisotopic (exact) mass is 345 g/mol. The molecule has 0 saturated carbocycles. The molecule has 0 aromatic heterocycles. The number of methoxy groups -OCH3 is 1. The van der Waals surface area contributed by atoms with Gasteiger partial charge in [-0.05, 0) is 24.1 Å². The second-order valence-corrected chi connectivity index (χ2v) is 6.32. The lowest BCUT2D eigenvalue weighted by Crippen LogP contribution is -2.30. The Morgan fingerprint density at radius 2 is 2.18 bits per heavy atom. The molecule has 1 aromatic carbocycles. The molecule has 0 radical (unpaired) electrons. The van der Waals surface area contributed by atoms with Crippen molar-refractivity contribution < 1.29 is 14.3 Å². The van der Waals surface area contributed by atoms with E-state index in [2.05, 4.69) is 0 Å². The molecule has 4 nitrogen and oxygen atoms in total. The third-order valence-electron chi connectivity index (χ3n) is 3.78. The Kier molecular flexibility index (Phi) is 6.96. The zero-order valence-corrected chi connectivity index (χ0v) is 14.2. The summed E-state index contributed by atoms with van der Waals surface area (Å²) in [6, 6.07) is 5.23. The van der Waals surface area contributed by atoms with Gasteiger partial charge in [0.25, 0.3) is 0 Å². The predicted octanol–water partition coefficient (Wildman–Crippen LogP) is 3.05. The van der Waals surface area contributed by atoms with Crippen molar-refractivity contribution >= 4 is 29.1 Å². The molecule has 22 heavy (non-hydrogen) atoms. The summed E-state index contributed by atoms with van der Waals surface area (Å²) in [5.74, 6) is 0.505. The smallest absolute Gasteiger partial charge is 0.227 e. The molecule has 0 bridgehead atoms. The van der Waals surface area contributed by atoms with Crippen LogP contribution >= 0.6 is 23.2 Å². The lowest BCUT2D eigenvalue weighted by Gasteiger charge is -2.17. The molecule has 122 valence electrons. The molecule has 0 N–H and O–H groups in total. The average Bonchev–Trinajstić information content (AvgIpc) is 2.95. The number of rotatable bonds is 7. The Hall–Kier alpha value is -0.810. The molecule has 1 saturated heterocycles. The minimum absolute atomic E-state index is 0.101. The van der Waals surface area contributed by atoms with Crippen LogP contribution in [0.15, 0.2) is 18.2 Å². The molecule has 6 heteroatoms. The van der Waals surface area contributed by atoms with E-state index in [4.69, 9.17) is 32.7 Å². The summed E-state index contributed by atoms with van der Waals surface area (Å²) in [7, 11) is 1.65. The molecule has 1 fully saturated rings. The van der Waals surface area contributed by atoms with Gasteiger partial charge in [-0.15, -0.1) is 0 Å². The summed E-state index contributed by atoms with van der Waals surface area (Å²) in [4.78, 5) is 14.2. The van der Waals surface area contributed by atoms with Crippen LogP contribution in [0.2, 0.25) is 10.0 Å². The maximum Gasteiger partial charge on any atom is 0.227 e. The van der Waals surface area contributed by atoms with Gasteiger partial charge in [0.15, 0.2) is 0 Å². The molecular formula is C16H21Cl2NO3. The summed E-state index contributed by atoms with van der Waals surface area (Å²) >= 11 is 12.0. The number of likely N-dealkylation sites (tertiary alicyclic amines) is 1. The van der Waals surface area contributed by atoms with E-state index in [1.54, 1.807) is 19.2 Å². The van der Waals surface area contributed by atoms with E-state index in [1.165, 1.54) is 0 Å². The Bertz CT molecular complexity index is 510. The normalized spacial score (nSPS) is 18.0. The summed E-state index contributed by atoms with van der Waals surface area (Å²) in [5.41, 5.74) is 0.816. The van der Waals surface area contributed by atoms with E-state index in [1.807, 2.05) is 11.0 Å². The zero-order valence-electron chi connectivity index (χ0n) is 12.7. The highest BCUT2D eigenvalue weighted by Gasteiger charge is 2.26. The summed E-state index contributed by atoms with van der Waals surface area (Å²) < 4.78 is 10.5. The maximum atomic E-state index is 12.3. The minimum Gasteiger partial charge on any atom is -0.382 e. The van der Waals surface area contributed by atoms with Gasteiger partial charge in [0.05, 0.1) is 26.2 Å². The molecule has 0 spiro atoms. The van der Waals surface area contributed by atoms with Crippen LogP contribution in [0.4, 0.5) is 0 Å². The van der Waals surface area contributed by atoms with Gasteiger partial charge in [0.1, 0.15) is 0 Å². The first-order valence-corrected chi connectivity index (χ1v) is 8.14. The molecule has 0 aliphatic carbocycles. The fraction of sp³-hybridized carbons (Fsp3) is 0.562. The van der Waals surface area contributed by atoms with Crippen LogP contribution in [0.3, 0.4) is 0 Å². The van der Waals surface area contributed by atoms with Crippen molar-refractivity contribution in [3.05, 3.63) is 33.8 Å². The molecule has 1 heterocycles. The molecule has 1 atom stereocenters. The Labute approximate surface area is 141 Å². The first-order chi connectivity index (χ1) is 10.6. The second-order valence-electron chi connectivity index (χ2n) is 5.47. The van der Waals surface area contributed by atoms with Crippen molar-refractivity contribution in [1.29, 1.82) is 0 Å². The number of ether oxygens (including phenoxy) is 2. The molecule has 1 unspecified atom stereocenters. The van der Waals surface area contributed by atoms with Gasteiger partial charge in [-0.1, -0.05) is 29.3 Å². The van der Waals surface area contributed by atoms with Crippen LogP contribution in [0.5, 0.6) is 0 Å². The molecule has 1 aliphatic rings. The molecule has 1 aromatic rings. The zero-order chi connectivity index (χ0) is 15.9. The third-order valence-corrected chi connectivity index (χ3v) is 4.37. The van der Waals surface area contributed by atoms with Crippen LogP contribution < -0.4 is 0 Å². The quantitative estimate of drug-likeness (QED) is 0.713. The number of carbonyl (C=O) groups is 1. The van der Waals surface area contributed by atoms with Crippen molar-refractivity contribution in [3.8, 4) is 0 Å². The third kappa shape index (κ3) is 5.13. The van der Waals surface area contributed by atoms with Crippen LogP contribution in [-0.4, -0.2) is 50.8 Å². The van der Waals surface area contributed by atoms with Crippen molar-refractivity contribution in [1.82, 2.24) is 4.90 Å². The highest BCUT2D eigenvalue weighted by atomic mass is 35.5. The predicted molar refractivity (Wildman–Crippen MR) is 87.5 cm³/mol. The number of halogens is 2. The highest BCUT2D eigenvalue weighted by molar-refractivity contribution is 6.35. The minimum atomic E-state index is 0.101. The summed E-state index contributed by atoms with van der Waals surface area (Å²) in [6.07, 6.45) is 1.29.